The van der Waals surface area contributed by atoms with Gasteiger partial charge >= 0.3 is 5.97 Å². The first-order chi connectivity index (χ1) is 20.9. The van der Waals surface area contributed by atoms with Gasteiger partial charge in [-0.15, -0.1) is 0 Å². The fourth-order valence-electron chi connectivity index (χ4n) is 6.45. The molecule has 7 nitrogen and oxygen atoms in total. The van der Waals surface area contributed by atoms with E-state index in [1.807, 2.05) is 30.3 Å². The molecule has 0 aromatic heterocycles. The van der Waals surface area contributed by atoms with Gasteiger partial charge in [0.25, 0.3) is 0 Å². The Morgan fingerprint density at radius 1 is 1.05 bits per heavy atom. The highest BCUT2D eigenvalue weighted by atomic mass is 35.5. The summed E-state index contributed by atoms with van der Waals surface area (Å²) >= 11 is 12.6. The van der Waals surface area contributed by atoms with E-state index < -0.39 is 39.3 Å². The summed E-state index contributed by atoms with van der Waals surface area (Å²) < 4.78 is 43.2. The van der Waals surface area contributed by atoms with E-state index in [9.17, 15) is 27.5 Å². The zero-order valence-electron chi connectivity index (χ0n) is 24.3. The van der Waals surface area contributed by atoms with E-state index in [2.05, 4.69) is 4.72 Å². The molecule has 2 aliphatic rings. The number of carbonyl (C=O) groups excluding carboxylic acids is 1. The SMILES string of the molecule is C[C@]1(CC(=O)O)C[C@H](c2cccc(Cl)c2)[C@@H](c2ccc(Cl)cc2)N([C@H](CNS(=O)(=O)CCc2ccccc2F)C2CC2)C1=O. The van der Waals surface area contributed by atoms with Crippen LogP contribution in [0.15, 0.2) is 72.8 Å². The van der Waals surface area contributed by atoms with Gasteiger partial charge < -0.3 is 10.0 Å². The Bertz CT molecular complexity index is 1630. The van der Waals surface area contributed by atoms with Gasteiger partial charge in [0.2, 0.25) is 15.9 Å². The van der Waals surface area contributed by atoms with Crippen LogP contribution in [0.1, 0.15) is 61.3 Å². The fourth-order valence-corrected chi connectivity index (χ4v) is 7.83. The number of hydrogen-bond donors (Lipinski definition) is 2. The molecule has 0 radical (unpaired) electrons. The maximum atomic E-state index is 14.5. The molecule has 1 saturated heterocycles. The van der Waals surface area contributed by atoms with Gasteiger partial charge in [-0.1, -0.05) is 72.6 Å². The number of carboxylic acid groups (broad SMARTS) is 1. The molecule has 2 N–H and O–H groups in total. The van der Waals surface area contributed by atoms with Crippen molar-refractivity contribution in [2.45, 2.75) is 57.0 Å². The van der Waals surface area contributed by atoms with Crippen LogP contribution in [0.25, 0.3) is 0 Å². The van der Waals surface area contributed by atoms with E-state index in [4.69, 9.17) is 23.2 Å². The monoisotopic (exact) mass is 660 g/mol. The van der Waals surface area contributed by atoms with E-state index in [0.717, 1.165) is 24.0 Å². The highest BCUT2D eigenvalue weighted by molar-refractivity contribution is 7.89. The van der Waals surface area contributed by atoms with E-state index in [1.165, 1.54) is 6.07 Å². The number of carboxylic acids is 1. The molecule has 1 aliphatic carbocycles. The predicted molar refractivity (Wildman–Crippen MR) is 169 cm³/mol. The zero-order chi connectivity index (χ0) is 31.6. The van der Waals surface area contributed by atoms with Crippen LogP contribution in [0, 0.1) is 17.2 Å². The van der Waals surface area contributed by atoms with Gasteiger partial charge in [-0.25, -0.2) is 17.5 Å². The number of piperidine rings is 1. The molecule has 11 heteroatoms. The minimum absolute atomic E-state index is 0.000328. The summed E-state index contributed by atoms with van der Waals surface area (Å²) in [6.07, 6.45) is 1.48. The first-order valence-electron chi connectivity index (χ1n) is 14.6. The molecule has 1 aliphatic heterocycles. The molecule has 44 heavy (non-hydrogen) atoms. The second-order valence-corrected chi connectivity index (χ2v) is 14.9. The number of sulfonamides is 1. The Hall–Kier alpha value is -2.98. The van der Waals surface area contributed by atoms with Crippen molar-refractivity contribution < 1.29 is 27.5 Å². The molecule has 0 bridgehead atoms. The quantitative estimate of drug-likeness (QED) is 0.228. The largest absolute Gasteiger partial charge is 0.481 e. The predicted octanol–water partition coefficient (Wildman–Crippen LogP) is 6.61. The zero-order valence-corrected chi connectivity index (χ0v) is 26.6. The second kappa shape index (κ2) is 13.2. The van der Waals surface area contributed by atoms with Crippen molar-refractivity contribution in [1.82, 2.24) is 9.62 Å². The van der Waals surface area contributed by atoms with Crippen molar-refractivity contribution in [2.24, 2.45) is 11.3 Å². The van der Waals surface area contributed by atoms with Gasteiger partial charge in [0, 0.05) is 28.5 Å². The van der Waals surface area contributed by atoms with E-state index >= 15 is 0 Å². The molecule has 3 aromatic carbocycles. The number of halogens is 3. The highest BCUT2D eigenvalue weighted by Crippen LogP contribution is 2.54. The van der Waals surface area contributed by atoms with Crippen LogP contribution in [-0.2, 0) is 26.0 Å². The van der Waals surface area contributed by atoms with E-state index in [0.29, 0.717) is 15.6 Å². The molecule has 1 heterocycles. The number of carbonyl (C=O) groups is 2. The number of nitrogens with zero attached hydrogens (tertiary/aromatic N) is 1. The summed E-state index contributed by atoms with van der Waals surface area (Å²) in [7, 11) is -3.84. The summed E-state index contributed by atoms with van der Waals surface area (Å²) in [5, 5.41) is 10.9. The van der Waals surface area contributed by atoms with E-state index in [-0.39, 0.29) is 49.3 Å². The molecule has 0 spiro atoms. The van der Waals surface area contributed by atoms with Crippen LogP contribution in [0.3, 0.4) is 0 Å². The number of aryl methyl sites for hydroxylation is 1. The fraction of sp³-hybridized carbons (Fsp3) is 0.394. The number of aliphatic carboxylic acids is 1. The van der Waals surface area contributed by atoms with Crippen LogP contribution < -0.4 is 4.72 Å². The average molecular weight is 662 g/mol. The van der Waals surface area contributed by atoms with Gasteiger partial charge in [-0.2, -0.15) is 0 Å². The lowest BCUT2D eigenvalue weighted by Gasteiger charge is -2.52. The minimum atomic E-state index is -3.84. The van der Waals surface area contributed by atoms with Crippen molar-refractivity contribution in [3.8, 4) is 0 Å². The third-order valence-electron chi connectivity index (χ3n) is 8.77. The minimum Gasteiger partial charge on any atom is -0.481 e. The maximum absolute atomic E-state index is 14.5. The Kier molecular flexibility index (Phi) is 9.70. The normalized spacial score (nSPS) is 23.0. The lowest BCUT2D eigenvalue weighted by Crippen LogP contribution is -2.59. The lowest BCUT2D eigenvalue weighted by atomic mass is 9.67. The molecule has 3 aromatic rings. The summed E-state index contributed by atoms with van der Waals surface area (Å²) in [5.74, 6) is -2.52. The molecule has 0 unspecified atom stereocenters. The van der Waals surface area contributed by atoms with Gasteiger partial charge in [0.15, 0.2) is 0 Å². The number of benzene rings is 3. The number of nitrogens with one attached hydrogen (secondary N) is 1. The Balaban J connectivity index is 1.53. The molecule has 5 rings (SSSR count). The summed E-state index contributed by atoms with van der Waals surface area (Å²) in [5.41, 5.74) is 0.711. The number of likely N-dealkylation sites (tertiary alicyclic amines) is 1. The van der Waals surface area contributed by atoms with Gasteiger partial charge in [0.1, 0.15) is 5.82 Å². The summed E-state index contributed by atoms with van der Waals surface area (Å²) in [6, 6.07) is 19.5. The summed E-state index contributed by atoms with van der Waals surface area (Å²) in [4.78, 5) is 28.3. The van der Waals surface area contributed by atoms with Crippen LogP contribution >= 0.6 is 23.2 Å². The van der Waals surface area contributed by atoms with Crippen molar-refractivity contribution in [1.29, 1.82) is 0 Å². The van der Waals surface area contributed by atoms with Crippen molar-refractivity contribution in [3.05, 3.63) is 105 Å². The smallest absolute Gasteiger partial charge is 0.304 e. The Morgan fingerprint density at radius 2 is 1.75 bits per heavy atom. The van der Waals surface area contributed by atoms with Crippen LogP contribution in [-0.4, -0.2) is 48.6 Å². The molecule has 1 saturated carbocycles. The molecule has 2 fully saturated rings. The molecule has 234 valence electrons. The van der Waals surface area contributed by atoms with Crippen molar-refractivity contribution in [2.75, 3.05) is 12.3 Å². The van der Waals surface area contributed by atoms with Crippen molar-refractivity contribution >= 4 is 45.1 Å². The van der Waals surface area contributed by atoms with Gasteiger partial charge in [-0.3, -0.25) is 9.59 Å². The van der Waals surface area contributed by atoms with E-state index in [1.54, 1.807) is 48.2 Å². The Morgan fingerprint density at radius 3 is 2.39 bits per heavy atom. The van der Waals surface area contributed by atoms with Crippen LogP contribution in [0.5, 0.6) is 0 Å². The second-order valence-electron chi connectivity index (χ2n) is 12.1. The lowest BCUT2D eigenvalue weighted by molar-refractivity contribution is -0.161. The number of hydrogen-bond acceptors (Lipinski definition) is 4. The van der Waals surface area contributed by atoms with Crippen LogP contribution in [0.4, 0.5) is 4.39 Å². The summed E-state index contributed by atoms with van der Waals surface area (Å²) in [6.45, 7) is 1.63. The first-order valence-corrected chi connectivity index (χ1v) is 17.0. The topological polar surface area (TPSA) is 104 Å². The average Bonchev–Trinajstić information content (AvgIpc) is 3.80. The van der Waals surface area contributed by atoms with Crippen LogP contribution in [0.2, 0.25) is 10.0 Å². The highest BCUT2D eigenvalue weighted by Gasteiger charge is 2.54. The number of amides is 1. The van der Waals surface area contributed by atoms with Gasteiger partial charge in [0.05, 0.1) is 23.6 Å². The molecular weight excluding hydrogens is 626 g/mol. The molecule has 1 amide bonds. The number of rotatable bonds is 12. The standard InChI is InChI=1S/C33H35Cl2FN2O5S/c1-33(19-30(39)40)18-27(24-6-4-7-26(35)17-24)31(23-11-13-25(34)14-12-23)38(32(33)41)29(22-9-10-22)20-37-44(42,43)16-15-21-5-2-3-8-28(21)36/h2-8,11-14,17,22,27,29,31,37H,9-10,15-16,18-20H2,1H3,(H,39,40)/t27-,29-,31-,33-/m1/s1. The first kappa shape index (κ1) is 32.4. The molecule has 4 atom stereocenters. The maximum Gasteiger partial charge on any atom is 0.304 e. The van der Waals surface area contributed by atoms with Gasteiger partial charge in [-0.05, 0) is 78.6 Å². The third kappa shape index (κ3) is 7.45. The third-order valence-corrected chi connectivity index (χ3v) is 10.6. The Labute approximate surface area is 267 Å². The molecular formula is C33H35Cl2FN2O5S. The van der Waals surface area contributed by atoms with Crippen molar-refractivity contribution in [3.63, 3.8) is 0 Å².